The first-order chi connectivity index (χ1) is 9.40. The molecule has 0 radical (unpaired) electrons. The van der Waals surface area contributed by atoms with E-state index < -0.39 is 5.97 Å². The van der Waals surface area contributed by atoms with Crippen LogP contribution in [0.3, 0.4) is 0 Å². The van der Waals surface area contributed by atoms with Crippen LogP contribution >= 0.6 is 11.8 Å². The fraction of sp³-hybridized carbons (Fsp3) is 0.500. The molecule has 0 saturated carbocycles. The van der Waals surface area contributed by atoms with Gasteiger partial charge in [-0.3, -0.25) is 4.79 Å². The highest BCUT2D eigenvalue weighted by molar-refractivity contribution is 7.99. The second-order valence-corrected chi connectivity index (χ2v) is 6.23. The number of carboxylic acid groups (broad SMARTS) is 1. The van der Waals surface area contributed by atoms with E-state index in [-0.39, 0.29) is 11.8 Å². The van der Waals surface area contributed by atoms with Crippen LogP contribution in [0.25, 0.3) is 11.2 Å². The molecule has 0 spiro atoms. The number of aliphatic carboxylic acids is 1. The summed E-state index contributed by atoms with van der Waals surface area (Å²) in [7, 11) is 0. The minimum absolute atomic E-state index is 0.00706. The number of aryl methyl sites for hydroxylation is 1. The molecule has 2 aromatic rings. The number of hydrogen-bond donors (Lipinski definition) is 1. The fourth-order valence-corrected chi connectivity index (χ4v) is 2.76. The van der Waals surface area contributed by atoms with Crippen molar-refractivity contribution in [1.29, 1.82) is 0 Å². The highest BCUT2D eigenvalue weighted by atomic mass is 32.2. The lowest BCUT2D eigenvalue weighted by Crippen LogP contribution is -2.13. The van der Waals surface area contributed by atoms with Crippen molar-refractivity contribution >= 4 is 28.9 Å². The van der Waals surface area contributed by atoms with Crippen molar-refractivity contribution in [3.05, 3.63) is 17.8 Å². The molecule has 2 heterocycles. The second-order valence-electron chi connectivity index (χ2n) is 5.29. The highest BCUT2D eigenvalue weighted by Crippen LogP contribution is 2.30. The molecule has 1 atom stereocenters. The van der Waals surface area contributed by atoms with E-state index in [4.69, 9.17) is 5.11 Å². The summed E-state index contributed by atoms with van der Waals surface area (Å²) in [4.78, 5) is 19.8. The number of carbonyl (C=O) groups is 1. The summed E-state index contributed by atoms with van der Waals surface area (Å²) < 4.78 is 2.05. The first-order valence-electron chi connectivity index (χ1n) is 6.59. The summed E-state index contributed by atoms with van der Waals surface area (Å²) >= 11 is 1.24. The van der Waals surface area contributed by atoms with Gasteiger partial charge in [-0.25, -0.2) is 9.97 Å². The van der Waals surface area contributed by atoms with Crippen LogP contribution in [-0.2, 0) is 4.79 Å². The molecule has 0 amide bonds. The van der Waals surface area contributed by atoms with Gasteiger partial charge in [0.25, 0.3) is 0 Å². The molecule has 1 N–H and O–H groups in total. The Morgan fingerprint density at radius 1 is 1.45 bits per heavy atom. The molecule has 2 rings (SSSR count). The van der Waals surface area contributed by atoms with Crippen molar-refractivity contribution < 1.29 is 9.90 Å². The highest BCUT2D eigenvalue weighted by Gasteiger charge is 2.20. The number of thioether (sulfide) groups is 1. The van der Waals surface area contributed by atoms with Gasteiger partial charge in [0.1, 0.15) is 5.52 Å². The van der Waals surface area contributed by atoms with Crippen molar-refractivity contribution in [2.45, 2.75) is 38.9 Å². The van der Waals surface area contributed by atoms with Crippen molar-refractivity contribution in [2.75, 3.05) is 5.75 Å². The molecule has 0 aliphatic carbocycles. The predicted octanol–water partition coefficient (Wildman–Crippen LogP) is 3.13. The molecular weight excluding hydrogens is 274 g/mol. The zero-order valence-corrected chi connectivity index (χ0v) is 12.9. The van der Waals surface area contributed by atoms with E-state index in [1.54, 1.807) is 0 Å². The lowest BCUT2D eigenvalue weighted by molar-refractivity contribution is -0.133. The van der Waals surface area contributed by atoms with Crippen LogP contribution in [-0.4, -0.2) is 31.4 Å². The summed E-state index contributed by atoms with van der Waals surface area (Å²) in [6.07, 6.45) is 1.82. The number of carboxylic acids is 1. The third-order valence-corrected chi connectivity index (χ3v) is 4.27. The number of pyridine rings is 1. The van der Waals surface area contributed by atoms with E-state index >= 15 is 0 Å². The van der Waals surface area contributed by atoms with E-state index in [0.29, 0.717) is 5.92 Å². The van der Waals surface area contributed by atoms with E-state index in [1.807, 2.05) is 23.8 Å². The zero-order chi connectivity index (χ0) is 14.9. The minimum atomic E-state index is -0.838. The first kappa shape index (κ1) is 14.8. The molecule has 0 aliphatic rings. The average molecular weight is 293 g/mol. The molecule has 2 aromatic heterocycles. The maximum Gasteiger partial charge on any atom is 0.313 e. The number of fused-ring (bicyclic) bond motifs is 1. The Balaban J connectivity index is 2.53. The number of rotatable bonds is 5. The lowest BCUT2D eigenvalue weighted by atomic mass is 10.1. The third kappa shape index (κ3) is 2.95. The Morgan fingerprint density at radius 2 is 2.15 bits per heavy atom. The minimum Gasteiger partial charge on any atom is -0.481 e. The maximum atomic E-state index is 10.8. The predicted molar refractivity (Wildman–Crippen MR) is 80.2 cm³/mol. The topological polar surface area (TPSA) is 68.0 Å². The summed E-state index contributed by atoms with van der Waals surface area (Å²) in [6.45, 7) is 8.35. The van der Waals surface area contributed by atoms with Gasteiger partial charge in [0.05, 0.1) is 5.75 Å². The molecule has 0 bridgehead atoms. The lowest BCUT2D eigenvalue weighted by Gasteiger charge is -2.20. The number of imidazole rings is 1. The first-order valence-corrected chi connectivity index (χ1v) is 7.58. The van der Waals surface area contributed by atoms with Crippen molar-refractivity contribution in [2.24, 2.45) is 5.92 Å². The Hall–Kier alpha value is -1.56. The van der Waals surface area contributed by atoms with E-state index in [9.17, 15) is 4.79 Å². The molecule has 0 fully saturated rings. The van der Waals surface area contributed by atoms with Gasteiger partial charge in [-0.2, -0.15) is 0 Å². The molecule has 5 nitrogen and oxygen atoms in total. The van der Waals surface area contributed by atoms with E-state index in [0.717, 1.165) is 21.9 Å². The Bertz CT molecular complexity index is 637. The van der Waals surface area contributed by atoms with E-state index in [1.165, 1.54) is 11.8 Å². The SMILES string of the molecule is Cc1cnc2c(c1)nc(SCC(=O)O)n2C(C)C(C)C. The molecule has 6 heteroatoms. The molecular formula is C14H19N3O2S. The van der Waals surface area contributed by atoms with Gasteiger partial charge in [0.2, 0.25) is 0 Å². The van der Waals surface area contributed by atoms with Gasteiger partial charge in [0, 0.05) is 12.2 Å². The normalized spacial score (nSPS) is 13.1. The number of aromatic nitrogens is 3. The van der Waals surface area contributed by atoms with Crippen molar-refractivity contribution in [1.82, 2.24) is 14.5 Å². The summed E-state index contributed by atoms with van der Waals surface area (Å²) in [5, 5.41) is 9.58. The third-order valence-electron chi connectivity index (χ3n) is 3.33. The van der Waals surface area contributed by atoms with Gasteiger partial charge in [-0.1, -0.05) is 25.6 Å². The molecule has 0 aliphatic heterocycles. The largest absolute Gasteiger partial charge is 0.481 e. The quantitative estimate of drug-likeness (QED) is 0.858. The monoisotopic (exact) mass is 293 g/mol. The van der Waals surface area contributed by atoms with Gasteiger partial charge in [-0.05, 0) is 31.4 Å². The van der Waals surface area contributed by atoms with Crippen molar-refractivity contribution in [3.8, 4) is 0 Å². The van der Waals surface area contributed by atoms with Crippen LogP contribution in [0.15, 0.2) is 17.4 Å². The van der Waals surface area contributed by atoms with Crippen LogP contribution in [0.5, 0.6) is 0 Å². The summed E-state index contributed by atoms with van der Waals surface area (Å²) in [5.41, 5.74) is 2.70. The van der Waals surface area contributed by atoms with Crippen LogP contribution in [0.2, 0.25) is 0 Å². The van der Waals surface area contributed by atoms with Gasteiger partial charge < -0.3 is 9.67 Å². The standard InChI is InChI=1S/C14H19N3O2S/c1-8(2)10(4)17-13-11(5-9(3)6-15-13)16-14(17)20-7-12(18)19/h5-6,8,10H,7H2,1-4H3,(H,18,19). The number of hydrogen-bond acceptors (Lipinski definition) is 4. The van der Waals surface area contributed by atoms with Crippen LogP contribution in [0.4, 0.5) is 0 Å². The van der Waals surface area contributed by atoms with Crippen LogP contribution in [0.1, 0.15) is 32.4 Å². The molecule has 20 heavy (non-hydrogen) atoms. The molecule has 0 saturated heterocycles. The Morgan fingerprint density at radius 3 is 2.75 bits per heavy atom. The smallest absolute Gasteiger partial charge is 0.313 e. The average Bonchev–Trinajstić information content (AvgIpc) is 2.72. The summed E-state index contributed by atoms with van der Waals surface area (Å²) in [6, 6.07) is 2.20. The van der Waals surface area contributed by atoms with Gasteiger partial charge in [0.15, 0.2) is 10.8 Å². The zero-order valence-electron chi connectivity index (χ0n) is 12.1. The van der Waals surface area contributed by atoms with Gasteiger partial charge >= 0.3 is 5.97 Å². The molecule has 1 unspecified atom stereocenters. The Labute approximate surface area is 122 Å². The number of nitrogens with zero attached hydrogens (tertiary/aromatic N) is 3. The van der Waals surface area contributed by atoms with Crippen molar-refractivity contribution in [3.63, 3.8) is 0 Å². The maximum absolute atomic E-state index is 10.8. The van der Waals surface area contributed by atoms with Gasteiger partial charge in [-0.15, -0.1) is 0 Å². The van der Waals surface area contributed by atoms with Crippen LogP contribution in [0, 0.1) is 12.8 Å². The molecule has 108 valence electrons. The van der Waals surface area contributed by atoms with Crippen LogP contribution < -0.4 is 0 Å². The second kappa shape index (κ2) is 5.83. The molecule has 0 aromatic carbocycles. The van der Waals surface area contributed by atoms with E-state index in [2.05, 4.69) is 30.7 Å². The summed E-state index contributed by atoms with van der Waals surface area (Å²) in [5.74, 6) is -0.415. The fourth-order valence-electron chi connectivity index (χ4n) is 1.96. The Kier molecular flexibility index (Phi) is 4.32.